The molecule has 1 saturated carbocycles. The monoisotopic (exact) mass is 365 g/mol. The molecular weight excluding hydrogens is 330 g/mol. The first kappa shape index (κ1) is 20.2. The van der Waals surface area contributed by atoms with Gasteiger partial charge in [-0.05, 0) is 71.2 Å². The van der Waals surface area contributed by atoms with Crippen LogP contribution in [0.5, 0.6) is 0 Å². The Hall–Kier alpha value is -1.07. The van der Waals surface area contributed by atoms with E-state index in [9.17, 15) is 0 Å². The molecule has 1 aliphatic rings. The molecule has 0 spiro atoms. The van der Waals surface area contributed by atoms with Gasteiger partial charge >= 0.3 is 0 Å². The third-order valence-corrected chi connectivity index (χ3v) is 5.27. The van der Waals surface area contributed by atoms with Crippen LogP contribution >= 0.6 is 12.2 Å². The highest BCUT2D eigenvalue weighted by atomic mass is 32.1. The number of hydrogen-bond acceptors (Lipinski definition) is 3. The Kier molecular flexibility index (Phi) is 8.76. The second-order valence-corrected chi connectivity index (χ2v) is 7.97. The Bertz CT molecular complexity index is 507. The number of nitrogens with zero attached hydrogens (tertiary/aromatic N) is 2. The molecule has 1 heterocycles. The molecule has 1 N–H and O–H groups in total. The van der Waals surface area contributed by atoms with Crippen molar-refractivity contribution in [3.8, 4) is 0 Å². The second-order valence-electron chi connectivity index (χ2n) is 7.58. The molecule has 0 atom stereocenters. The van der Waals surface area contributed by atoms with E-state index in [0.29, 0.717) is 6.04 Å². The summed E-state index contributed by atoms with van der Waals surface area (Å²) >= 11 is 5.78. The summed E-state index contributed by atoms with van der Waals surface area (Å²) in [4.78, 5) is 4.50. The summed E-state index contributed by atoms with van der Waals surface area (Å²) in [5, 5.41) is 4.54. The molecule has 1 fully saturated rings. The van der Waals surface area contributed by atoms with Crippen molar-refractivity contribution >= 4 is 17.3 Å². The van der Waals surface area contributed by atoms with Crippen LogP contribution in [0, 0.1) is 6.92 Å². The maximum Gasteiger partial charge on any atom is 0.169 e. The van der Waals surface area contributed by atoms with Crippen molar-refractivity contribution in [3.63, 3.8) is 0 Å². The van der Waals surface area contributed by atoms with Gasteiger partial charge in [-0.2, -0.15) is 0 Å². The smallest absolute Gasteiger partial charge is 0.169 e. The largest absolute Gasteiger partial charge is 0.464 e. The molecule has 0 radical (unpaired) electrons. The summed E-state index contributed by atoms with van der Waals surface area (Å²) in [6.07, 6.45) is 10.3. The van der Waals surface area contributed by atoms with Crippen molar-refractivity contribution in [1.82, 2.24) is 15.1 Å². The van der Waals surface area contributed by atoms with Crippen molar-refractivity contribution in [2.75, 3.05) is 27.2 Å². The predicted molar refractivity (Wildman–Crippen MR) is 109 cm³/mol. The molecule has 5 heteroatoms. The lowest BCUT2D eigenvalue weighted by atomic mass is 9.97. The number of hydrogen-bond donors (Lipinski definition) is 1. The van der Waals surface area contributed by atoms with E-state index in [1.54, 1.807) is 0 Å². The fourth-order valence-electron chi connectivity index (χ4n) is 3.45. The van der Waals surface area contributed by atoms with Gasteiger partial charge in [0.1, 0.15) is 11.5 Å². The van der Waals surface area contributed by atoms with E-state index >= 15 is 0 Å². The summed E-state index contributed by atoms with van der Waals surface area (Å²) in [7, 11) is 4.23. The van der Waals surface area contributed by atoms with Crippen LogP contribution in [0.3, 0.4) is 0 Å². The van der Waals surface area contributed by atoms with Crippen LogP contribution in [0.4, 0.5) is 0 Å². The topological polar surface area (TPSA) is 31.6 Å². The molecule has 4 nitrogen and oxygen atoms in total. The summed E-state index contributed by atoms with van der Waals surface area (Å²) in [5.41, 5.74) is 0. The molecule has 0 unspecified atom stereocenters. The highest BCUT2D eigenvalue weighted by Gasteiger charge is 2.17. The highest BCUT2D eigenvalue weighted by molar-refractivity contribution is 7.80. The van der Waals surface area contributed by atoms with E-state index < -0.39 is 0 Å². The number of furan rings is 1. The van der Waals surface area contributed by atoms with Gasteiger partial charge in [0.05, 0.1) is 6.54 Å². The third-order valence-electron chi connectivity index (χ3n) is 4.90. The SMILES string of the molecule is Cc1ccc(CN(CCCN(C)C)C(=S)NC2CCCCCCC2)o1. The molecule has 0 aromatic carbocycles. The lowest BCUT2D eigenvalue weighted by Crippen LogP contribution is -2.45. The number of nitrogens with one attached hydrogen (secondary N) is 1. The quantitative estimate of drug-likeness (QED) is 0.727. The second kappa shape index (κ2) is 10.8. The van der Waals surface area contributed by atoms with Crippen LogP contribution in [0.25, 0.3) is 0 Å². The van der Waals surface area contributed by atoms with Gasteiger partial charge in [0, 0.05) is 12.6 Å². The number of rotatable bonds is 7. The van der Waals surface area contributed by atoms with Crippen LogP contribution in [-0.4, -0.2) is 48.1 Å². The van der Waals surface area contributed by atoms with Crippen LogP contribution in [0.2, 0.25) is 0 Å². The summed E-state index contributed by atoms with van der Waals surface area (Å²) < 4.78 is 5.78. The van der Waals surface area contributed by atoms with Gasteiger partial charge in [-0.3, -0.25) is 0 Å². The molecule has 0 saturated heterocycles. The Morgan fingerprint density at radius 1 is 1.12 bits per heavy atom. The average Bonchev–Trinajstić information content (AvgIpc) is 2.93. The summed E-state index contributed by atoms with van der Waals surface area (Å²) in [5.74, 6) is 1.95. The maximum atomic E-state index is 5.78. The highest BCUT2D eigenvalue weighted by Crippen LogP contribution is 2.18. The van der Waals surface area contributed by atoms with Gasteiger partial charge in [0.15, 0.2) is 5.11 Å². The van der Waals surface area contributed by atoms with Crippen molar-refractivity contribution in [2.24, 2.45) is 0 Å². The van der Waals surface area contributed by atoms with Crippen molar-refractivity contribution < 1.29 is 4.42 Å². The van der Waals surface area contributed by atoms with Crippen LogP contribution in [0.15, 0.2) is 16.5 Å². The van der Waals surface area contributed by atoms with E-state index in [4.69, 9.17) is 16.6 Å². The normalized spacial score (nSPS) is 16.5. The summed E-state index contributed by atoms with van der Waals surface area (Å²) in [6, 6.07) is 4.62. The van der Waals surface area contributed by atoms with Crippen LogP contribution in [0.1, 0.15) is 62.9 Å². The zero-order chi connectivity index (χ0) is 18.1. The van der Waals surface area contributed by atoms with Gasteiger partial charge in [0.2, 0.25) is 0 Å². The van der Waals surface area contributed by atoms with Crippen molar-refractivity contribution in [2.45, 2.75) is 70.9 Å². The first-order chi connectivity index (χ1) is 12.0. The van der Waals surface area contributed by atoms with E-state index in [1.165, 1.54) is 44.9 Å². The van der Waals surface area contributed by atoms with Crippen molar-refractivity contribution in [3.05, 3.63) is 23.7 Å². The molecule has 1 aromatic rings. The minimum absolute atomic E-state index is 0.530. The molecule has 0 bridgehead atoms. The molecular formula is C20H35N3OS. The lowest BCUT2D eigenvalue weighted by molar-refractivity contribution is 0.312. The Morgan fingerprint density at radius 3 is 2.40 bits per heavy atom. The minimum Gasteiger partial charge on any atom is -0.464 e. The fraction of sp³-hybridized carbons (Fsp3) is 0.750. The minimum atomic E-state index is 0.530. The molecule has 1 aliphatic carbocycles. The lowest BCUT2D eigenvalue weighted by Gasteiger charge is -2.30. The molecule has 0 amide bonds. The Labute approximate surface area is 158 Å². The van der Waals surface area contributed by atoms with Gasteiger partial charge in [0.25, 0.3) is 0 Å². The van der Waals surface area contributed by atoms with Crippen LogP contribution in [-0.2, 0) is 6.54 Å². The Balaban J connectivity index is 1.92. The standard InChI is InChI=1S/C20H35N3OS/c1-17-12-13-19(24-17)16-23(15-9-14-22(2)3)20(25)21-18-10-7-5-4-6-8-11-18/h12-13,18H,4-11,14-16H2,1-3H3,(H,21,25). The maximum absolute atomic E-state index is 5.78. The van der Waals surface area contributed by atoms with Crippen molar-refractivity contribution in [1.29, 1.82) is 0 Å². The first-order valence-corrected chi connectivity index (χ1v) is 10.2. The number of aryl methyl sites for hydroxylation is 1. The predicted octanol–water partition coefficient (Wildman–Crippen LogP) is 4.33. The van der Waals surface area contributed by atoms with Gasteiger partial charge in [-0.15, -0.1) is 0 Å². The van der Waals surface area contributed by atoms with Gasteiger partial charge in [-0.25, -0.2) is 0 Å². The molecule has 142 valence electrons. The molecule has 25 heavy (non-hydrogen) atoms. The average molecular weight is 366 g/mol. The van der Waals surface area contributed by atoms with Gasteiger partial charge < -0.3 is 19.5 Å². The van der Waals surface area contributed by atoms with E-state index in [2.05, 4.69) is 35.3 Å². The first-order valence-electron chi connectivity index (χ1n) is 9.80. The third kappa shape index (κ3) is 7.78. The van der Waals surface area contributed by atoms with Crippen LogP contribution < -0.4 is 5.32 Å². The zero-order valence-corrected chi connectivity index (χ0v) is 17.0. The molecule has 0 aliphatic heterocycles. The van der Waals surface area contributed by atoms with E-state index in [-0.39, 0.29) is 0 Å². The molecule has 1 aromatic heterocycles. The fourth-order valence-corrected chi connectivity index (χ4v) is 3.78. The van der Waals surface area contributed by atoms with E-state index in [0.717, 1.165) is 42.7 Å². The number of thiocarbonyl (C=S) groups is 1. The Morgan fingerprint density at radius 2 is 1.80 bits per heavy atom. The molecule has 2 rings (SSSR count). The van der Waals surface area contributed by atoms with Gasteiger partial charge in [-0.1, -0.05) is 32.1 Å². The summed E-state index contributed by atoms with van der Waals surface area (Å²) in [6.45, 7) is 4.76. The van der Waals surface area contributed by atoms with E-state index in [1.807, 2.05) is 13.0 Å². The zero-order valence-electron chi connectivity index (χ0n) is 16.2.